The maximum atomic E-state index is 13.5. The summed E-state index contributed by atoms with van der Waals surface area (Å²) in [5.74, 6) is 1.26. The normalized spacial score (nSPS) is 11.2. The summed E-state index contributed by atoms with van der Waals surface area (Å²) in [6, 6.07) is 12.6. The third-order valence-electron chi connectivity index (χ3n) is 4.31. The third-order valence-corrected chi connectivity index (χ3v) is 4.91. The van der Waals surface area contributed by atoms with Gasteiger partial charge in [0.25, 0.3) is 0 Å². The van der Waals surface area contributed by atoms with Crippen molar-refractivity contribution in [3.63, 3.8) is 0 Å². The van der Waals surface area contributed by atoms with Crippen LogP contribution in [0.15, 0.2) is 47.5 Å². The quantitative estimate of drug-likeness (QED) is 0.421. The molecule has 0 radical (unpaired) electrons. The lowest BCUT2D eigenvalue weighted by Gasteiger charge is -2.14. The molecule has 2 aromatic rings. The van der Waals surface area contributed by atoms with E-state index in [2.05, 4.69) is 20.9 Å². The summed E-state index contributed by atoms with van der Waals surface area (Å²) >= 11 is 1.67. The van der Waals surface area contributed by atoms with E-state index in [-0.39, 0.29) is 11.7 Å². The predicted molar refractivity (Wildman–Crippen MR) is 121 cm³/mol. The molecule has 0 saturated carbocycles. The lowest BCUT2D eigenvalue weighted by molar-refractivity contribution is -0.116. The van der Waals surface area contributed by atoms with E-state index in [1.54, 1.807) is 24.9 Å². The molecule has 2 aromatic carbocycles. The fourth-order valence-corrected chi connectivity index (χ4v) is 3.38. The lowest BCUT2D eigenvalue weighted by Crippen LogP contribution is -2.36. The van der Waals surface area contributed by atoms with Crippen LogP contribution in [0.5, 0.6) is 0 Å². The first-order valence-electron chi connectivity index (χ1n) is 9.65. The van der Waals surface area contributed by atoms with Gasteiger partial charge in [0, 0.05) is 38.0 Å². The molecule has 0 aliphatic carbocycles. The fourth-order valence-electron chi connectivity index (χ4n) is 2.80. The van der Waals surface area contributed by atoms with Crippen molar-refractivity contribution in [2.45, 2.75) is 38.6 Å². The van der Waals surface area contributed by atoms with E-state index in [9.17, 15) is 9.18 Å². The Morgan fingerprint density at radius 1 is 1.07 bits per heavy atom. The highest BCUT2D eigenvalue weighted by atomic mass is 32.2. The molecule has 0 fully saturated rings. The van der Waals surface area contributed by atoms with Gasteiger partial charge in [0.15, 0.2) is 5.96 Å². The van der Waals surface area contributed by atoms with E-state index in [0.717, 1.165) is 34.6 Å². The number of amides is 1. The Kier molecular flexibility index (Phi) is 9.50. The van der Waals surface area contributed by atoms with Gasteiger partial charge >= 0.3 is 0 Å². The minimum Gasteiger partial charge on any atom is -0.352 e. The van der Waals surface area contributed by atoms with Gasteiger partial charge in [-0.05, 0) is 53.6 Å². The molecule has 0 aromatic heterocycles. The van der Waals surface area contributed by atoms with Gasteiger partial charge in [0.1, 0.15) is 5.82 Å². The minimum atomic E-state index is -0.213. The summed E-state index contributed by atoms with van der Waals surface area (Å²) in [4.78, 5) is 15.9. The number of carbonyl (C=O) groups excluding carboxylic acids is 1. The maximum absolute atomic E-state index is 13.5. The number of thioether (sulfide) groups is 1. The van der Waals surface area contributed by atoms with E-state index in [0.29, 0.717) is 25.5 Å². The highest BCUT2D eigenvalue weighted by Gasteiger charge is 2.06. The van der Waals surface area contributed by atoms with Gasteiger partial charge in [-0.3, -0.25) is 9.79 Å². The molecule has 0 atom stereocenters. The standard InChI is InChI=1S/C22H29FN4OS/c1-4-5-21(28)27-20-10-6-16(7-11-20)13-25-22(24-2)26-14-17-8-9-19(23)12-18(17)15-29-3/h6-12H,4-5,13-15H2,1-3H3,(H,27,28)(H2,24,25,26). The summed E-state index contributed by atoms with van der Waals surface area (Å²) in [5, 5.41) is 9.43. The lowest BCUT2D eigenvalue weighted by atomic mass is 10.1. The Labute approximate surface area is 176 Å². The van der Waals surface area contributed by atoms with Crippen LogP contribution in [0.25, 0.3) is 0 Å². The van der Waals surface area contributed by atoms with Crippen molar-refractivity contribution in [1.82, 2.24) is 10.6 Å². The molecule has 5 nitrogen and oxygen atoms in total. The molecule has 29 heavy (non-hydrogen) atoms. The Morgan fingerprint density at radius 3 is 2.45 bits per heavy atom. The molecule has 0 saturated heterocycles. The van der Waals surface area contributed by atoms with Crippen LogP contribution in [0, 0.1) is 5.82 Å². The van der Waals surface area contributed by atoms with Crippen molar-refractivity contribution in [3.05, 3.63) is 65.0 Å². The van der Waals surface area contributed by atoms with E-state index in [1.165, 1.54) is 6.07 Å². The van der Waals surface area contributed by atoms with Crippen molar-refractivity contribution in [2.75, 3.05) is 18.6 Å². The largest absolute Gasteiger partial charge is 0.352 e. The first-order valence-corrected chi connectivity index (χ1v) is 11.0. The Bertz CT molecular complexity index is 824. The van der Waals surface area contributed by atoms with E-state index in [4.69, 9.17) is 0 Å². The number of benzene rings is 2. The van der Waals surface area contributed by atoms with Crippen molar-refractivity contribution in [2.24, 2.45) is 4.99 Å². The smallest absolute Gasteiger partial charge is 0.224 e. The molecular formula is C22H29FN4OS. The van der Waals surface area contributed by atoms with Crippen molar-refractivity contribution in [3.8, 4) is 0 Å². The molecule has 1 amide bonds. The molecule has 0 aliphatic heterocycles. The molecular weight excluding hydrogens is 387 g/mol. The van der Waals surface area contributed by atoms with Crippen molar-refractivity contribution >= 4 is 29.3 Å². The Balaban J connectivity index is 1.87. The molecule has 0 bridgehead atoms. The molecule has 0 spiro atoms. The summed E-state index contributed by atoms with van der Waals surface area (Å²) in [6.07, 6.45) is 3.36. The van der Waals surface area contributed by atoms with Crippen molar-refractivity contribution in [1.29, 1.82) is 0 Å². The SMILES string of the molecule is CCCC(=O)Nc1ccc(CNC(=NC)NCc2ccc(F)cc2CSC)cc1. The third kappa shape index (κ3) is 7.77. The van der Waals surface area contributed by atoms with Gasteiger partial charge in [-0.25, -0.2) is 4.39 Å². The van der Waals surface area contributed by atoms with Gasteiger partial charge in [0.05, 0.1) is 0 Å². The summed E-state index contributed by atoms with van der Waals surface area (Å²) in [6.45, 7) is 3.15. The van der Waals surface area contributed by atoms with Crippen LogP contribution in [0.2, 0.25) is 0 Å². The number of nitrogens with zero attached hydrogens (tertiary/aromatic N) is 1. The average Bonchev–Trinajstić information content (AvgIpc) is 2.71. The van der Waals surface area contributed by atoms with Crippen LogP contribution in [-0.2, 0) is 23.6 Å². The number of hydrogen-bond donors (Lipinski definition) is 3. The predicted octanol–water partition coefficient (Wildman–Crippen LogP) is 4.29. The summed E-state index contributed by atoms with van der Waals surface area (Å²) in [7, 11) is 1.72. The molecule has 2 rings (SSSR count). The summed E-state index contributed by atoms with van der Waals surface area (Å²) < 4.78 is 13.5. The van der Waals surface area contributed by atoms with Crippen LogP contribution in [0.3, 0.4) is 0 Å². The average molecular weight is 417 g/mol. The van der Waals surface area contributed by atoms with Crippen LogP contribution in [0.1, 0.15) is 36.5 Å². The van der Waals surface area contributed by atoms with Gasteiger partial charge < -0.3 is 16.0 Å². The maximum Gasteiger partial charge on any atom is 0.224 e. The molecule has 7 heteroatoms. The van der Waals surface area contributed by atoms with Gasteiger partial charge in [0.2, 0.25) is 5.91 Å². The minimum absolute atomic E-state index is 0.0320. The highest BCUT2D eigenvalue weighted by molar-refractivity contribution is 7.97. The van der Waals surface area contributed by atoms with Crippen LogP contribution in [-0.4, -0.2) is 25.2 Å². The van der Waals surface area contributed by atoms with E-state index < -0.39 is 0 Å². The van der Waals surface area contributed by atoms with Crippen LogP contribution in [0.4, 0.5) is 10.1 Å². The number of halogens is 1. The summed E-state index contributed by atoms with van der Waals surface area (Å²) in [5.41, 5.74) is 3.91. The second kappa shape index (κ2) is 12.1. The number of nitrogens with one attached hydrogen (secondary N) is 3. The fraction of sp³-hybridized carbons (Fsp3) is 0.364. The second-order valence-corrected chi connectivity index (χ2v) is 7.49. The first-order chi connectivity index (χ1) is 14.0. The number of guanidine groups is 1. The van der Waals surface area contributed by atoms with E-state index in [1.807, 2.05) is 43.5 Å². The van der Waals surface area contributed by atoms with Gasteiger partial charge in [-0.1, -0.05) is 25.1 Å². The number of hydrogen-bond acceptors (Lipinski definition) is 3. The highest BCUT2D eigenvalue weighted by Crippen LogP contribution is 2.16. The Morgan fingerprint density at radius 2 is 1.79 bits per heavy atom. The first kappa shape index (κ1) is 22.7. The monoisotopic (exact) mass is 416 g/mol. The molecule has 3 N–H and O–H groups in total. The Hall–Kier alpha value is -2.54. The van der Waals surface area contributed by atoms with E-state index >= 15 is 0 Å². The molecule has 0 heterocycles. The van der Waals surface area contributed by atoms with Gasteiger partial charge in [-0.2, -0.15) is 11.8 Å². The van der Waals surface area contributed by atoms with Crippen LogP contribution < -0.4 is 16.0 Å². The van der Waals surface area contributed by atoms with Crippen molar-refractivity contribution < 1.29 is 9.18 Å². The number of anilines is 1. The van der Waals surface area contributed by atoms with Gasteiger partial charge in [-0.15, -0.1) is 0 Å². The molecule has 0 unspecified atom stereocenters. The topological polar surface area (TPSA) is 65.5 Å². The molecule has 156 valence electrons. The second-order valence-electron chi connectivity index (χ2n) is 6.62. The zero-order valence-corrected chi connectivity index (χ0v) is 18.0. The molecule has 0 aliphatic rings. The van der Waals surface area contributed by atoms with Crippen LogP contribution >= 0.6 is 11.8 Å². The number of rotatable bonds is 9. The number of aliphatic imine (C=N–C) groups is 1. The zero-order chi connectivity index (χ0) is 21.1. The number of carbonyl (C=O) groups is 1. The zero-order valence-electron chi connectivity index (χ0n) is 17.2.